The Hall–Kier alpha value is -1.95. The van der Waals surface area contributed by atoms with Crippen LogP contribution >= 0.6 is 35.6 Å². The topological polar surface area (TPSA) is 37.4 Å². The molecule has 3 nitrogen and oxygen atoms in total. The average molecular weight is 374 g/mol. The molecule has 24 heavy (non-hydrogen) atoms. The molecule has 1 fully saturated rings. The number of aryl methyl sites for hydroxylation is 1. The predicted octanol–water partition coefficient (Wildman–Crippen LogP) is 4.69. The molecule has 6 heteroatoms. The predicted molar refractivity (Wildman–Crippen MR) is 102 cm³/mol. The molecule has 0 atom stereocenters. The van der Waals surface area contributed by atoms with Gasteiger partial charge >= 0.3 is 0 Å². The van der Waals surface area contributed by atoms with Gasteiger partial charge in [0, 0.05) is 10.6 Å². The lowest BCUT2D eigenvalue weighted by atomic mass is 10.1. The number of amides is 2. The van der Waals surface area contributed by atoms with Crippen molar-refractivity contribution >= 4 is 57.8 Å². The smallest absolute Gasteiger partial charge is 0.268 e. The normalized spacial score (nSPS) is 16.1. The van der Waals surface area contributed by atoms with Gasteiger partial charge in [-0.3, -0.25) is 9.59 Å². The van der Waals surface area contributed by atoms with Crippen LogP contribution in [-0.2, 0) is 4.79 Å². The fraction of sp³-hybridized carbons (Fsp3) is 0.0556. The number of nitrogens with zero attached hydrogens (tertiary/aromatic N) is 1. The summed E-state index contributed by atoms with van der Waals surface area (Å²) in [7, 11) is 0. The van der Waals surface area contributed by atoms with Crippen molar-refractivity contribution in [1.82, 2.24) is 4.90 Å². The van der Waals surface area contributed by atoms with Gasteiger partial charge in [0.1, 0.15) is 0 Å². The Kier molecular flexibility index (Phi) is 4.85. The van der Waals surface area contributed by atoms with Crippen molar-refractivity contribution in [2.45, 2.75) is 6.92 Å². The summed E-state index contributed by atoms with van der Waals surface area (Å²) < 4.78 is 0.235. The first-order chi connectivity index (χ1) is 11.5. The molecule has 0 aliphatic carbocycles. The van der Waals surface area contributed by atoms with Crippen molar-refractivity contribution in [3.8, 4) is 0 Å². The zero-order valence-electron chi connectivity index (χ0n) is 12.7. The average Bonchev–Trinajstić information content (AvgIpc) is 2.83. The van der Waals surface area contributed by atoms with E-state index in [1.54, 1.807) is 30.3 Å². The van der Waals surface area contributed by atoms with Gasteiger partial charge in [-0.1, -0.05) is 65.4 Å². The Morgan fingerprint density at radius 2 is 1.75 bits per heavy atom. The maximum absolute atomic E-state index is 12.6. The number of carbonyl (C=O) groups excluding carboxylic acids is 2. The second-order valence-corrected chi connectivity index (χ2v) is 7.35. The van der Waals surface area contributed by atoms with Gasteiger partial charge in [0.25, 0.3) is 11.8 Å². The van der Waals surface area contributed by atoms with Crippen LogP contribution < -0.4 is 0 Å². The maximum Gasteiger partial charge on any atom is 0.273 e. The first-order valence-corrected chi connectivity index (χ1v) is 8.70. The fourth-order valence-corrected chi connectivity index (χ4v) is 3.56. The zero-order chi connectivity index (χ0) is 17.3. The van der Waals surface area contributed by atoms with E-state index >= 15 is 0 Å². The van der Waals surface area contributed by atoms with E-state index in [0.29, 0.717) is 15.5 Å². The Labute approximate surface area is 154 Å². The maximum atomic E-state index is 12.6. The molecular weight excluding hydrogens is 362 g/mol. The standard InChI is InChI=1S/C18H12ClNO2S2/c1-11-2-4-12(5-3-11)10-15-17(22)20(18(23)24-15)16(21)13-6-8-14(19)9-7-13/h2-10H,1H3. The second-order valence-electron chi connectivity index (χ2n) is 5.24. The fourth-order valence-electron chi connectivity index (χ4n) is 2.18. The van der Waals surface area contributed by atoms with Crippen LogP contribution in [0, 0.1) is 6.92 Å². The lowest BCUT2D eigenvalue weighted by Gasteiger charge is -2.12. The van der Waals surface area contributed by atoms with E-state index < -0.39 is 11.8 Å². The number of halogens is 1. The van der Waals surface area contributed by atoms with E-state index in [9.17, 15) is 9.59 Å². The van der Waals surface area contributed by atoms with E-state index in [4.69, 9.17) is 23.8 Å². The number of carbonyl (C=O) groups is 2. The molecule has 0 saturated carbocycles. The molecule has 0 bridgehead atoms. The minimum Gasteiger partial charge on any atom is -0.268 e. The second kappa shape index (κ2) is 6.89. The Balaban J connectivity index is 1.87. The summed E-state index contributed by atoms with van der Waals surface area (Å²) >= 11 is 12.2. The van der Waals surface area contributed by atoms with Crippen molar-refractivity contribution in [2.24, 2.45) is 0 Å². The highest BCUT2D eigenvalue weighted by molar-refractivity contribution is 8.26. The van der Waals surface area contributed by atoms with Crippen molar-refractivity contribution in [3.05, 3.63) is 75.1 Å². The lowest BCUT2D eigenvalue weighted by Crippen LogP contribution is -2.34. The molecule has 0 spiro atoms. The molecule has 2 aromatic carbocycles. The summed E-state index contributed by atoms with van der Waals surface area (Å²) in [6, 6.07) is 14.1. The van der Waals surface area contributed by atoms with Crippen molar-refractivity contribution in [3.63, 3.8) is 0 Å². The summed E-state index contributed by atoms with van der Waals surface area (Å²) in [6.07, 6.45) is 1.74. The number of imide groups is 1. The van der Waals surface area contributed by atoms with Crippen molar-refractivity contribution < 1.29 is 9.59 Å². The van der Waals surface area contributed by atoms with Gasteiger partial charge < -0.3 is 0 Å². The van der Waals surface area contributed by atoms with E-state index in [0.717, 1.165) is 27.8 Å². The van der Waals surface area contributed by atoms with Gasteiger partial charge in [-0.05, 0) is 42.8 Å². The van der Waals surface area contributed by atoms with Gasteiger partial charge in [0.2, 0.25) is 0 Å². The first kappa shape index (κ1) is 16.9. The van der Waals surface area contributed by atoms with Crippen LogP contribution in [0.1, 0.15) is 21.5 Å². The lowest BCUT2D eigenvalue weighted by molar-refractivity contribution is -0.120. The number of hydrogen-bond acceptors (Lipinski definition) is 4. The summed E-state index contributed by atoms with van der Waals surface area (Å²) in [5.41, 5.74) is 2.39. The third-order valence-electron chi connectivity index (χ3n) is 3.46. The number of rotatable bonds is 2. The molecule has 2 aromatic rings. The van der Waals surface area contributed by atoms with Gasteiger partial charge in [0.05, 0.1) is 4.91 Å². The third kappa shape index (κ3) is 3.43. The molecule has 1 heterocycles. The number of thioether (sulfide) groups is 1. The van der Waals surface area contributed by atoms with Crippen LogP contribution in [0.3, 0.4) is 0 Å². The molecule has 1 aliphatic heterocycles. The third-order valence-corrected chi connectivity index (χ3v) is 5.02. The number of benzene rings is 2. The molecule has 0 aromatic heterocycles. The minimum atomic E-state index is -0.443. The highest BCUT2D eigenvalue weighted by Crippen LogP contribution is 2.33. The quantitative estimate of drug-likeness (QED) is 0.435. The Bertz CT molecular complexity index is 858. The summed E-state index contributed by atoms with van der Waals surface area (Å²) in [5, 5.41) is 0.524. The minimum absolute atomic E-state index is 0.235. The van der Waals surface area contributed by atoms with Gasteiger partial charge in [-0.2, -0.15) is 0 Å². The Morgan fingerprint density at radius 3 is 2.38 bits per heavy atom. The zero-order valence-corrected chi connectivity index (χ0v) is 15.0. The van der Waals surface area contributed by atoms with Crippen LogP contribution in [0.2, 0.25) is 5.02 Å². The highest BCUT2D eigenvalue weighted by atomic mass is 35.5. The van der Waals surface area contributed by atoms with Gasteiger partial charge in [-0.15, -0.1) is 0 Å². The van der Waals surface area contributed by atoms with Crippen molar-refractivity contribution in [2.75, 3.05) is 0 Å². The van der Waals surface area contributed by atoms with Crippen LogP contribution in [0.25, 0.3) is 6.08 Å². The van der Waals surface area contributed by atoms with Crippen molar-refractivity contribution in [1.29, 1.82) is 0 Å². The summed E-state index contributed by atoms with van der Waals surface area (Å²) in [4.78, 5) is 26.6. The van der Waals surface area contributed by atoms with Crippen LogP contribution in [0.15, 0.2) is 53.4 Å². The molecule has 120 valence electrons. The van der Waals surface area contributed by atoms with E-state index in [2.05, 4.69) is 0 Å². The molecular formula is C18H12ClNO2S2. The largest absolute Gasteiger partial charge is 0.273 e. The highest BCUT2D eigenvalue weighted by Gasteiger charge is 2.37. The van der Waals surface area contributed by atoms with Gasteiger partial charge in [-0.25, -0.2) is 4.90 Å². The summed E-state index contributed by atoms with van der Waals surface area (Å²) in [5.74, 6) is -0.841. The van der Waals surface area contributed by atoms with Gasteiger partial charge in [0.15, 0.2) is 4.32 Å². The van der Waals surface area contributed by atoms with E-state index in [1.165, 1.54) is 0 Å². The van der Waals surface area contributed by atoms with Crippen LogP contribution in [0.5, 0.6) is 0 Å². The molecule has 0 unspecified atom stereocenters. The number of hydrogen-bond donors (Lipinski definition) is 0. The molecule has 2 amide bonds. The molecule has 1 aliphatic rings. The SMILES string of the molecule is Cc1ccc(C=C2SC(=S)N(C(=O)c3ccc(Cl)cc3)C2=O)cc1. The van der Waals surface area contributed by atoms with Crippen LogP contribution in [0.4, 0.5) is 0 Å². The number of thiocarbonyl (C=S) groups is 1. The first-order valence-electron chi connectivity index (χ1n) is 7.10. The van der Waals surface area contributed by atoms with E-state index in [1.807, 2.05) is 31.2 Å². The van der Waals surface area contributed by atoms with Crippen LogP contribution in [-0.4, -0.2) is 21.0 Å². The molecule has 0 radical (unpaired) electrons. The molecule has 0 N–H and O–H groups in total. The molecule has 1 saturated heterocycles. The summed E-state index contributed by atoms with van der Waals surface area (Å²) in [6.45, 7) is 1.99. The monoisotopic (exact) mass is 373 g/mol. The van der Waals surface area contributed by atoms with E-state index in [-0.39, 0.29) is 4.32 Å². The Morgan fingerprint density at radius 1 is 1.12 bits per heavy atom. The molecule has 3 rings (SSSR count).